The number of ether oxygens (including phenoxy) is 2. The summed E-state index contributed by atoms with van der Waals surface area (Å²) in [5, 5.41) is 2.87. The molecule has 1 aromatic carbocycles. The van der Waals surface area contributed by atoms with Crippen LogP contribution in [0, 0.1) is 0 Å². The van der Waals surface area contributed by atoms with Crippen molar-refractivity contribution in [2.45, 2.75) is 0 Å². The number of thioether (sulfide) groups is 1. The van der Waals surface area contributed by atoms with Crippen molar-refractivity contribution in [2.75, 3.05) is 14.2 Å². The smallest absolute Gasteiger partial charge is 0.285 e. The summed E-state index contributed by atoms with van der Waals surface area (Å²) in [6.45, 7) is 0. The van der Waals surface area contributed by atoms with E-state index in [1.54, 1.807) is 56.0 Å². The van der Waals surface area contributed by atoms with Crippen molar-refractivity contribution >= 4 is 57.5 Å². The number of hydrazine groups is 1. The Kier molecular flexibility index (Phi) is 5.60. The summed E-state index contributed by atoms with van der Waals surface area (Å²) < 4.78 is 10.8. The Morgan fingerprint density at radius 3 is 2.73 bits per heavy atom. The summed E-state index contributed by atoms with van der Waals surface area (Å²) in [6, 6.07) is 8.72. The second kappa shape index (κ2) is 7.90. The van der Waals surface area contributed by atoms with Crippen LogP contribution in [0.2, 0.25) is 0 Å². The fourth-order valence-corrected chi connectivity index (χ4v) is 3.99. The molecule has 0 aliphatic carbocycles. The molecule has 1 saturated heterocycles. The number of hydrogen-bond donors (Lipinski definition) is 1. The van der Waals surface area contributed by atoms with E-state index in [0.717, 1.165) is 16.8 Å². The van der Waals surface area contributed by atoms with Gasteiger partial charge in [0.2, 0.25) is 0 Å². The summed E-state index contributed by atoms with van der Waals surface area (Å²) in [7, 11) is 3.11. The first-order chi connectivity index (χ1) is 12.5. The molecule has 9 heteroatoms. The zero-order valence-corrected chi connectivity index (χ0v) is 16.3. The molecular formula is C17H14N2O4S3. The fourth-order valence-electron chi connectivity index (χ4n) is 2.21. The van der Waals surface area contributed by atoms with E-state index in [0.29, 0.717) is 26.8 Å². The van der Waals surface area contributed by atoms with Gasteiger partial charge in [0, 0.05) is 11.6 Å². The van der Waals surface area contributed by atoms with Crippen LogP contribution in [0.1, 0.15) is 15.2 Å². The quantitative estimate of drug-likeness (QED) is 0.607. The van der Waals surface area contributed by atoms with Crippen LogP contribution in [0.15, 0.2) is 40.6 Å². The van der Waals surface area contributed by atoms with Crippen LogP contribution in [0.25, 0.3) is 6.08 Å². The molecule has 1 aliphatic rings. The van der Waals surface area contributed by atoms with Gasteiger partial charge < -0.3 is 9.47 Å². The zero-order chi connectivity index (χ0) is 18.7. The third-order valence-corrected chi connectivity index (χ3v) is 5.65. The second-order valence-electron chi connectivity index (χ2n) is 5.04. The van der Waals surface area contributed by atoms with Crippen molar-refractivity contribution < 1.29 is 19.1 Å². The van der Waals surface area contributed by atoms with E-state index in [4.69, 9.17) is 21.7 Å². The number of thiocarbonyl (C=S) groups is 1. The number of hydrogen-bond acceptors (Lipinski definition) is 7. The van der Waals surface area contributed by atoms with Gasteiger partial charge in [0.05, 0.1) is 24.0 Å². The number of rotatable bonds is 5. The molecule has 0 atom stereocenters. The van der Waals surface area contributed by atoms with E-state index >= 15 is 0 Å². The Labute approximate surface area is 163 Å². The molecule has 0 saturated carbocycles. The fraction of sp³-hybridized carbons (Fsp3) is 0.118. The standard InChI is InChI=1S/C17H14N2O4S3/c1-22-11-6-5-10(12(9-11)23-2)8-14-16(21)19(17(24)26-14)18-15(20)13-4-3-7-25-13/h3-9H,1-2H3,(H,18,20)/b14-8+. The SMILES string of the molecule is COc1ccc(/C=C2/SC(=S)N(NC(=O)c3cccs3)C2=O)c(OC)c1. The summed E-state index contributed by atoms with van der Waals surface area (Å²) >= 11 is 7.63. The van der Waals surface area contributed by atoms with Gasteiger partial charge in [-0.25, -0.2) is 0 Å². The molecule has 3 rings (SSSR count). The molecular weight excluding hydrogens is 392 g/mol. The molecule has 26 heavy (non-hydrogen) atoms. The van der Waals surface area contributed by atoms with Crippen molar-refractivity contribution in [1.29, 1.82) is 0 Å². The molecule has 0 spiro atoms. The number of nitrogens with one attached hydrogen (secondary N) is 1. The van der Waals surface area contributed by atoms with Gasteiger partial charge in [-0.2, -0.15) is 5.01 Å². The van der Waals surface area contributed by atoms with E-state index in [9.17, 15) is 9.59 Å². The maximum absolute atomic E-state index is 12.6. The van der Waals surface area contributed by atoms with Gasteiger partial charge in [-0.3, -0.25) is 15.0 Å². The number of nitrogens with zero attached hydrogens (tertiary/aromatic N) is 1. The zero-order valence-electron chi connectivity index (χ0n) is 13.8. The summed E-state index contributed by atoms with van der Waals surface area (Å²) in [4.78, 5) is 25.7. The Morgan fingerprint density at radius 2 is 2.08 bits per heavy atom. The Bertz CT molecular complexity index is 893. The number of carbonyl (C=O) groups excluding carboxylic acids is 2. The van der Waals surface area contributed by atoms with Crippen LogP contribution >= 0.6 is 35.3 Å². The third kappa shape index (κ3) is 3.74. The maximum atomic E-state index is 12.6. The van der Waals surface area contributed by atoms with E-state index in [1.807, 2.05) is 0 Å². The molecule has 0 radical (unpaired) electrons. The molecule has 134 valence electrons. The van der Waals surface area contributed by atoms with E-state index in [1.165, 1.54) is 11.3 Å². The summed E-state index contributed by atoms with van der Waals surface area (Å²) in [6.07, 6.45) is 1.68. The van der Waals surface area contributed by atoms with Crippen LogP contribution < -0.4 is 14.9 Å². The molecule has 2 aromatic rings. The van der Waals surface area contributed by atoms with Gasteiger partial charge in [-0.15, -0.1) is 11.3 Å². The highest BCUT2D eigenvalue weighted by Crippen LogP contribution is 2.34. The van der Waals surface area contributed by atoms with Crippen LogP contribution in [0.5, 0.6) is 11.5 Å². The first-order valence-corrected chi connectivity index (χ1v) is 9.48. The monoisotopic (exact) mass is 406 g/mol. The number of amides is 2. The molecule has 1 fully saturated rings. The first kappa shape index (κ1) is 18.4. The highest BCUT2D eigenvalue weighted by Gasteiger charge is 2.34. The minimum absolute atomic E-state index is 0.263. The van der Waals surface area contributed by atoms with Crippen molar-refractivity contribution in [3.8, 4) is 11.5 Å². The number of benzene rings is 1. The lowest BCUT2D eigenvalue weighted by Gasteiger charge is -2.14. The minimum Gasteiger partial charge on any atom is -0.497 e. The topological polar surface area (TPSA) is 67.9 Å². The van der Waals surface area contributed by atoms with Gasteiger partial charge in [-0.05, 0) is 41.9 Å². The van der Waals surface area contributed by atoms with Gasteiger partial charge in [0.1, 0.15) is 11.5 Å². The lowest BCUT2D eigenvalue weighted by molar-refractivity contribution is -0.123. The highest BCUT2D eigenvalue weighted by atomic mass is 32.2. The molecule has 1 aliphatic heterocycles. The maximum Gasteiger partial charge on any atom is 0.285 e. The second-order valence-corrected chi connectivity index (χ2v) is 7.67. The predicted octanol–water partition coefficient (Wildman–Crippen LogP) is 3.31. The first-order valence-electron chi connectivity index (χ1n) is 7.38. The molecule has 2 amide bonds. The summed E-state index contributed by atoms with van der Waals surface area (Å²) in [5.41, 5.74) is 3.25. The largest absolute Gasteiger partial charge is 0.497 e. The van der Waals surface area contributed by atoms with Crippen molar-refractivity contribution in [3.63, 3.8) is 0 Å². The van der Waals surface area contributed by atoms with Crippen LogP contribution in [0.3, 0.4) is 0 Å². The Balaban J connectivity index is 1.82. The van der Waals surface area contributed by atoms with Crippen LogP contribution in [-0.4, -0.2) is 35.4 Å². The molecule has 0 bridgehead atoms. The van der Waals surface area contributed by atoms with Crippen molar-refractivity contribution in [3.05, 3.63) is 51.1 Å². The van der Waals surface area contributed by atoms with Crippen LogP contribution in [-0.2, 0) is 4.79 Å². The molecule has 2 heterocycles. The normalized spacial score (nSPS) is 15.5. The van der Waals surface area contributed by atoms with E-state index in [-0.39, 0.29) is 16.1 Å². The molecule has 6 nitrogen and oxygen atoms in total. The highest BCUT2D eigenvalue weighted by molar-refractivity contribution is 8.26. The van der Waals surface area contributed by atoms with Crippen LogP contribution in [0.4, 0.5) is 0 Å². The van der Waals surface area contributed by atoms with Crippen molar-refractivity contribution in [2.24, 2.45) is 0 Å². The predicted molar refractivity (Wildman–Crippen MR) is 106 cm³/mol. The molecule has 1 aromatic heterocycles. The lowest BCUT2D eigenvalue weighted by Crippen LogP contribution is -2.44. The third-order valence-electron chi connectivity index (χ3n) is 3.48. The number of carbonyl (C=O) groups is 2. The number of methoxy groups -OCH3 is 2. The Hall–Kier alpha value is -2.36. The van der Waals surface area contributed by atoms with Gasteiger partial charge in [-0.1, -0.05) is 17.8 Å². The lowest BCUT2D eigenvalue weighted by atomic mass is 10.1. The average molecular weight is 407 g/mol. The van der Waals surface area contributed by atoms with E-state index < -0.39 is 0 Å². The summed E-state index contributed by atoms with van der Waals surface area (Å²) in [5.74, 6) is 0.453. The van der Waals surface area contributed by atoms with Gasteiger partial charge in [0.25, 0.3) is 11.8 Å². The Morgan fingerprint density at radius 1 is 1.27 bits per heavy atom. The van der Waals surface area contributed by atoms with Gasteiger partial charge >= 0.3 is 0 Å². The van der Waals surface area contributed by atoms with E-state index in [2.05, 4.69) is 5.43 Å². The van der Waals surface area contributed by atoms with Gasteiger partial charge in [0.15, 0.2) is 4.32 Å². The molecule has 0 unspecified atom stereocenters. The minimum atomic E-state index is -0.386. The van der Waals surface area contributed by atoms with Crippen molar-refractivity contribution in [1.82, 2.24) is 10.4 Å². The number of thiophene rings is 1. The molecule has 1 N–H and O–H groups in total. The average Bonchev–Trinajstić information content (AvgIpc) is 3.27.